The number of nitrogens with two attached hydrogens (primary N) is 1. The van der Waals surface area contributed by atoms with Crippen LogP contribution in [0.2, 0.25) is 0 Å². The number of ether oxygens (including phenoxy) is 2. The molecule has 4 nitrogen and oxygen atoms in total. The van der Waals surface area contributed by atoms with Crippen LogP contribution in [0.1, 0.15) is 20.3 Å². The lowest BCUT2D eigenvalue weighted by Crippen LogP contribution is -2.15. The normalized spacial score (nSPS) is 10.5. The molecule has 0 bridgehead atoms. The molecule has 0 aromatic heterocycles. The highest BCUT2D eigenvalue weighted by atomic mass is 16.6. The van der Waals surface area contributed by atoms with Crippen LogP contribution in [0.5, 0.6) is 0 Å². The van der Waals surface area contributed by atoms with Gasteiger partial charge in [-0.15, -0.1) is 0 Å². The third-order valence-corrected chi connectivity index (χ3v) is 1.29. The van der Waals surface area contributed by atoms with Gasteiger partial charge in [0.05, 0.1) is 13.0 Å². The Morgan fingerprint density at radius 2 is 2.08 bits per heavy atom. The van der Waals surface area contributed by atoms with E-state index in [2.05, 4.69) is 13.8 Å². The van der Waals surface area contributed by atoms with Crippen molar-refractivity contribution in [1.29, 1.82) is 0 Å². The van der Waals surface area contributed by atoms with Gasteiger partial charge in [-0.1, -0.05) is 13.8 Å². The van der Waals surface area contributed by atoms with Gasteiger partial charge in [-0.25, -0.2) is 0 Å². The summed E-state index contributed by atoms with van der Waals surface area (Å²) >= 11 is 0. The van der Waals surface area contributed by atoms with Crippen molar-refractivity contribution in [2.45, 2.75) is 20.3 Å². The van der Waals surface area contributed by atoms with Crippen molar-refractivity contribution in [1.82, 2.24) is 0 Å². The largest absolute Gasteiger partial charge is 0.463 e. The molecule has 4 heteroatoms. The fourth-order valence-electron chi connectivity index (χ4n) is 0.723. The van der Waals surface area contributed by atoms with Gasteiger partial charge in [0.1, 0.15) is 6.61 Å². The van der Waals surface area contributed by atoms with Crippen LogP contribution in [0.25, 0.3) is 0 Å². The molecule has 78 valence electrons. The Balaban J connectivity index is 3.11. The van der Waals surface area contributed by atoms with Crippen LogP contribution in [0.4, 0.5) is 0 Å². The van der Waals surface area contributed by atoms with Crippen molar-refractivity contribution in [2.24, 2.45) is 11.7 Å². The highest BCUT2D eigenvalue weighted by Crippen LogP contribution is 1.92. The molecule has 0 saturated carbocycles. The third kappa shape index (κ3) is 9.30. The second kappa shape index (κ2) is 8.01. The van der Waals surface area contributed by atoms with E-state index in [0.717, 1.165) is 0 Å². The van der Waals surface area contributed by atoms with E-state index in [-0.39, 0.29) is 12.4 Å². The van der Waals surface area contributed by atoms with E-state index in [1.807, 2.05) is 0 Å². The SMILES string of the molecule is CC(C)COCCOC(=O)CCN. The molecule has 0 aromatic rings. The van der Waals surface area contributed by atoms with Gasteiger partial charge >= 0.3 is 5.97 Å². The van der Waals surface area contributed by atoms with Gasteiger partial charge in [-0.3, -0.25) is 4.79 Å². The number of carbonyl (C=O) groups is 1. The minimum Gasteiger partial charge on any atom is -0.463 e. The summed E-state index contributed by atoms with van der Waals surface area (Å²) in [7, 11) is 0. The van der Waals surface area contributed by atoms with Crippen molar-refractivity contribution in [3.8, 4) is 0 Å². The van der Waals surface area contributed by atoms with Gasteiger partial charge in [-0.05, 0) is 5.92 Å². The zero-order chi connectivity index (χ0) is 10.1. The molecular weight excluding hydrogens is 170 g/mol. The van der Waals surface area contributed by atoms with E-state index < -0.39 is 0 Å². The molecule has 0 fully saturated rings. The van der Waals surface area contributed by atoms with E-state index >= 15 is 0 Å². The van der Waals surface area contributed by atoms with Gasteiger partial charge in [0.25, 0.3) is 0 Å². The van der Waals surface area contributed by atoms with Crippen LogP contribution in [0.15, 0.2) is 0 Å². The molecule has 0 aromatic carbocycles. The Morgan fingerprint density at radius 1 is 1.38 bits per heavy atom. The smallest absolute Gasteiger partial charge is 0.307 e. The molecule has 2 N–H and O–H groups in total. The minimum atomic E-state index is -0.254. The zero-order valence-electron chi connectivity index (χ0n) is 8.41. The molecule has 0 amide bonds. The predicted octanol–water partition coefficient (Wildman–Crippen LogP) is 0.551. The Morgan fingerprint density at radius 3 is 2.62 bits per heavy atom. The molecule has 0 saturated heterocycles. The molecule has 0 spiro atoms. The first-order chi connectivity index (χ1) is 6.16. The van der Waals surface area contributed by atoms with Crippen molar-refractivity contribution >= 4 is 5.97 Å². The van der Waals surface area contributed by atoms with E-state index in [9.17, 15) is 4.79 Å². The molecular formula is C9H19NO3. The maximum absolute atomic E-state index is 10.8. The first-order valence-electron chi connectivity index (χ1n) is 4.60. The van der Waals surface area contributed by atoms with Crippen LogP contribution in [0, 0.1) is 5.92 Å². The monoisotopic (exact) mass is 189 g/mol. The quantitative estimate of drug-likeness (QED) is 0.469. The summed E-state index contributed by atoms with van der Waals surface area (Å²) in [5, 5.41) is 0. The summed E-state index contributed by atoms with van der Waals surface area (Å²) in [6.45, 7) is 5.97. The maximum Gasteiger partial charge on any atom is 0.307 e. The fourth-order valence-corrected chi connectivity index (χ4v) is 0.723. The van der Waals surface area contributed by atoms with Gasteiger partial charge in [-0.2, -0.15) is 0 Å². The van der Waals surface area contributed by atoms with Crippen LogP contribution in [-0.4, -0.2) is 32.3 Å². The lowest BCUT2D eigenvalue weighted by molar-refractivity contribution is -0.145. The summed E-state index contributed by atoms with van der Waals surface area (Å²) < 4.78 is 10.0. The van der Waals surface area contributed by atoms with Crippen LogP contribution < -0.4 is 5.73 Å². The maximum atomic E-state index is 10.8. The molecule has 13 heavy (non-hydrogen) atoms. The average molecular weight is 189 g/mol. The van der Waals surface area contributed by atoms with E-state index in [1.165, 1.54) is 0 Å². The van der Waals surface area contributed by atoms with Gasteiger partial charge in [0.15, 0.2) is 0 Å². The topological polar surface area (TPSA) is 61.5 Å². The van der Waals surface area contributed by atoms with Crippen molar-refractivity contribution in [3.63, 3.8) is 0 Å². The zero-order valence-corrected chi connectivity index (χ0v) is 8.41. The highest BCUT2D eigenvalue weighted by molar-refractivity contribution is 5.69. The van der Waals surface area contributed by atoms with Crippen molar-refractivity contribution < 1.29 is 14.3 Å². The Bertz CT molecular complexity index is 137. The molecule has 0 unspecified atom stereocenters. The average Bonchev–Trinajstić information content (AvgIpc) is 2.03. The summed E-state index contributed by atoms with van der Waals surface area (Å²) in [6.07, 6.45) is 0.282. The molecule has 0 aliphatic carbocycles. The highest BCUT2D eigenvalue weighted by Gasteiger charge is 2.00. The Kier molecular flexibility index (Phi) is 7.63. The number of hydrogen-bond donors (Lipinski definition) is 1. The number of esters is 1. The van der Waals surface area contributed by atoms with E-state index in [1.54, 1.807) is 0 Å². The molecule has 0 atom stereocenters. The second-order valence-electron chi connectivity index (χ2n) is 3.23. The lowest BCUT2D eigenvalue weighted by Gasteiger charge is -2.07. The number of carbonyl (C=O) groups excluding carboxylic acids is 1. The van der Waals surface area contributed by atoms with E-state index in [4.69, 9.17) is 15.2 Å². The third-order valence-electron chi connectivity index (χ3n) is 1.29. The summed E-state index contributed by atoms with van der Waals surface area (Å²) in [6, 6.07) is 0. The molecule has 0 radical (unpaired) electrons. The number of rotatable bonds is 7. The summed E-state index contributed by atoms with van der Waals surface area (Å²) in [5.74, 6) is 0.260. The van der Waals surface area contributed by atoms with Crippen molar-refractivity contribution in [2.75, 3.05) is 26.4 Å². The molecule has 0 aliphatic heterocycles. The molecule has 0 aliphatic rings. The van der Waals surface area contributed by atoms with Gasteiger partial charge in [0, 0.05) is 13.2 Å². The summed E-state index contributed by atoms with van der Waals surface area (Å²) in [5.41, 5.74) is 5.17. The first-order valence-corrected chi connectivity index (χ1v) is 4.60. The number of hydrogen-bond acceptors (Lipinski definition) is 4. The predicted molar refractivity (Wildman–Crippen MR) is 50.3 cm³/mol. The Labute approximate surface area is 79.4 Å². The van der Waals surface area contributed by atoms with Gasteiger partial charge in [0.2, 0.25) is 0 Å². The van der Waals surface area contributed by atoms with Crippen LogP contribution in [-0.2, 0) is 14.3 Å². The minimum absolute atomic E-state index is 0.254. The molecule has 0 heterocycles. The van der Waals surface area contributed by atoms with Crippen LogP contribution in [0.3, 0.4) is 0 Å². The molecule has 0 rings (SSSR count). The summed E-state index contributed by atoms with van der Waals surface area (Å²) in [4.78, 5) is 10.8. The van der Waals surface area contributed by atoms with Gasteiger partial charge < -0.3 is 15.2 Å². The second-order valence-corrected chi connectivity index (χ2v) is 3.23. The van der Waals surface area contributed by atoms with E-state index in [0.29, 0.717) is 32.3 Å². The van der Waals surface area contributed by atoms with Crippen LogP contribution >= 0.6 is 0 Å². The first kappa shape index (κ1) is 12.4. The fraction of sp³-hybridized carbons (Fsp3) is 0.889. The van der Waals surface area contributed by atoms with Crippen molar-refractivity contribution in [3.05, 3.63) is 0 Å². The lowest BCUT2D eigenvalue weighted by atomic mass is 10.2. The standard InChI is InChI=1S/C9H19NO3/c1-8(2)7-12-5-6-13-9(11)3-4-10/h8H,3-7,10H2,1-2H3. The Hall–Kier alpha value is -0.610.